The monoisotopic (exact) mass is 466 g/mol. The molecular weight excluding hydrogens is 452 g/mol. The summed E-state index contributed by atoms with van der Waals surface area (Å²) in [6.45, 7) is 0.252. The van der Waals surface area contributed by atoms with Gasteiger partial charge in [0.1, 0.15) is 5.75 Å². The zero-order valence-electron chi connectivity index (χ0n) is 12.3. The van der Waals surface area contributed by atoms with Gasteiger partial charge in [0.2, 0.25) is 0 Å². The van der Waals surface area contributed by atoms with Gasteiger partial charge in [-0.2, -0.15) is 0 Å². The van der Waals surface area contributed by atoms with Gasteiger partial charge in [0, 0.05) is 12.2 Å². The predicted molar refractivity (Wildman–Crippen MR) is 96.0 cm³/mol. The van der Waals surface area contributed by atoms with Crippen LogP contribution in [0.4, 0.5) is 5.69 Å². The van der Waals surface area contributed by atoms with Crippen molar-refractivity contribution in [1.82, 2.24) is 5.43 Å². The minimum atomic E-state index is -1.07. The molecular formula is C12H16Br2N6O4. The number of halogens is 2. The fourth-order valence-electron chi connectivity index (χ4n) is 1.75. The van der Waals surface area contributed by atoms with Crippen molar-refractivity contribution in [3.8, 4) is 5.75 Å². The number of aliphatic imine (C=N–C) groups is 1. The van der Waals surface area contributed by atoms with E-state index in [2.05, 4.69) is 42.2 Å². The Hall–Kier alpha value is -2.08. The Labute approximate surface area is 154 Å². The number of anilines is 1. The zero-order chi connectivity index (χ0) is 18.3. The van der Waals surface area contributed by atoms with Crippen LogP contribution in [0.1, 0.15) is 12.8 Å². The Bertz CT molecular complexity index is 627. The first-order valence-electron chi connectivity index (χ1n) is 6.65. The topological polar surface area (TPSA) is 169 Å². The zero-order valence-corrected chi connectivity index (χ0v) is 15.5. The van der Waals surface area contributed by atoms with Gasteiger partial charge in [-0.1, -0.05) is 0 Å². The Morgan fingerprint density at radius 3 is 2.46 bits per heavy atom. The lowest BCUT2D eigenvalue weighted by Crippen LogP contribution is -2.43. The van der Waals surface area contributed by atoms with Gasteiger partial charge < -0.3 is 21.9 Å². The van der Waals surface area contributed by atoms with Gasteiger partial charge >= 0.3 is 0 Å². The number of guanidine groups is 1. The number of rotatable bonds is 8. The smallest absolute Gasteiger partial charge is 0.252 e. The molecule has 0 heterocycles. The number of nitrogens with zero attached hydrogens (tertiary/aromatic N) is 2. The fourth-order valence-corrected chi connectivity index (χ4v) is 2.94. The van der Waals surface area contributed by atoms with Crippen molar-refractivity contribution < 1.29 is 14.9 Å². The first kappa shape index (κ1) is 20.0. The van der Waals surface area contributed by atoms with Crippen LogP contribution in [0.2, 0.25) is 0 Å². The normalized spacial score (nSPS) is 11.4. The quantitative estimate of drug-likeness (QED) is 0.0949. The summed E-state index contributed by atoms with van der Waals surface area (Å²) >= 11 is 6.27. The van der Waals surface area contributed by atoms with Crippen LogP contribution in [0.3, 0.4) is 0 Å². The van der Waals surface area contributed by atoms with Gasteiger partial charge in [-0.05, 0) is 56.8 Å². The number of nitrogens with two attached hydrogens (primary N) is 2. The molecule has 0 saturated heterocycles. The molecule has 10 nitrogen and oxygen atoms in total. The molecule has 0 unspecified atom stereocenters. The number of phenolic OH excluding ortho intramolecular Hbond substituents is 1. The number of aromatic hydroxyl groups is 1. The van der Waals surface area contributed by atoms with Gasteiger partial charge in [-0.25, -0.2) is 10.1 Å². The van der Waals surface area contributed by atoms with Crippen LogP contribution >= 0.6 is 31.9 Å². The molecule has 1 aromatic rings. The molecule has 1 amide bonds. The largest absolute Gasteiger partial charge is 0.506 e. The third-order valence-corrected chi connectivity index (χ3v) is 4.02. The highest BCUT2D eigenvalue weighted by molar-refractivity contribution is 9.11. The van der Waals surface area contributed by atoms with E-state index in [-0.39, 0.29) is 24.7 Å². The van der Waals surface area contributed by atoms with Crippen molar-refractivity contribution in [2.45, 2.75) is 18.9 Å². The lowest BCUT2D eigenvalue weighted by Gasteiger charge is -2.14. The van der Waals surface area contributed by atoms with Gasteiger partial charge in [0.15, 0.2) is 17.0 Å². The molecule has 0 aliphatic rings. The maximum atomic E-state index is 12.2. The first-order valence-corrected chi connectivity index (χ1v) is 8.24. The van der Waals surface area contributed by atoms with E-state index in [9.17, 15) is 20.0 Å². The highest BCUT2D eigenvalue weighted by atomic mass is 79.9. The summed E-state index contributed by atoms with van der Waals surface area (Å²) in [4.78, 5) is 26.6. The van der Waals surface area contributed by atoms with Gasteiger partial charge in [0.25, 0.3) is 5.91 Å². The van der Waals surface area contributed by atoms with Crippen molar-refractivity contribution in [2.75, 3.05) is 11.9 Å². The van der Waals surface area contributed by atoms with E-state index in [4.69, 9.17) is 11.5 Å². The maximum Gasteiger partial charge on any atom is 0.252 e. The number of nitrogens with one attached hydrogen (secondary N) is 2. The summed E-state index contributed by atoms with van der Waals surface area (Å²) in [5.41, 5.74) is 12.7. The van der Waals surface area contributed by atoms with Crippen LogP contribution in [0, 0.1) is 10.1 Å². The van der Waals surface area contributed by atoms with Crippen molar-refractivity contribution in [3.05, 3.63) is 31.2 Å². The van der Waals surface area contributed by atoms with E-state index >= 15 is 0 Å². The lowest BCUT2D eigenvalue weighted by atomic mass is 10.1. The molecule has 0 spiro atoms. The fraction of sp³-hybridized carbons (Fsp3) is 0.333. The van der Waals surface area contributed by atoms with Crippen LogP contribution < -0.4 is 22.2 Å². The summed E-state index contributed by atoms with van der Waals surface area (Å²) in [6, 6.07) is 1.88. The number of hydrazine groups is 1. The average Bonchev–Trinajstić information content (AvgIpc) is 2.47. The third kappa shape index (κ3) is 6.58. The number of amides is 1. The van der Waals surface area contributed by atoms with E-state index in [0.717, 1.165) is 0 Å². The Balaban J connectivity index is 2.77. The molecule has 132 valence electrons. The molecule has 0 saturated carbocycles. The van der Waals surface area contributed by atoms with E-state index < -0.39 is 17.0 Å². The van der Waals surface area contributed by atoms with Crippen molar-refractivity contribution >= 4 is 49.4 Å². The number of nitro groups is 1. The SMILES string of the molecule is NC(N)=NCCC[C@H](N[N+](=O)[O-])C(=O)Nc1cc(Br)c(O)c(Br)c1. The van der Waals surface area contributed by atoms with E-state index in [1.54, 1.807) is 0 Å². The average molecular weight is 468 g/mol. The van der Waals surface area contributed by atoms with Gasteiger partial charge in [-0.3, -0.25) is 9.79 Å². The number of phenols is 1. The minimum Gasteiger partial charge on any atom is -0.506 e. The Kier molecular flexibility index (Phi) is 7.71. The van der Waals surface area contributed by atoms with Crippen molar-refractivity contribution in [2.24, 2.45) is 16.5 Å². The van der Waals surface area contributed by atoms with Crippen LogP contribution in [-0.2, 0) is 4.79 Å². The van der Waals surface area contributed by atoms with E-state index in [0.29, 0.717) is 21.1 Å². The Morgan fingerprint density at radius 2 is 1.96 bits per heavy atom. The summed E-state index contributed by atoms with van der Waals surface area (Å²) in [6.07, 6.45) is 0.532. The Morgan fingerprint density at radius 1 is 1.38 bits per heavy atom. The summed E-state index contributed by atoms with van der Waals surface area (Å²) in [5.74, 6) is -0.705. The van der Waals surface area contributed by atoms with Crippen molar-refractivity contribution in [1.29, 1.82) is 0 Å². The second-order valence-electron chi connectivity index (χ2n) is 4.67. The van der Waals surface area contributed by atoms with Crippen LogP contribution in [0.5, 0.6) is 5.75 Å². The first-order chi connectivity index (χ1) is 11.2. The molecule has 0 fully saturated rings. The molecule has 0 aliphatic carbocycles. The number of hydrogen-bond donors (Lipinski definition) is 5. The molecule has 0 bridgehead atoms. The van der Waals surface area contributed by atoms with Gasteiger partial charge in [0.05, 0.1) is 8.95 Å². The second kappa shape index (κ2) is 9.27. The lowest BCUT2D eigenvalue weighted by molar-refractivity contribution is -0.548. The third-order valence-electron chi connectivity index (χ3n) is 2.81. The van der Waals surface area contributed by atoms with E-state index in [1.807, 2.05) is 5.43 Å². The maximum absolute atomic E-state index is 12.2. The minimum absolute atomic E-state index is 0.0230. The number of benzene rings is 1. The summed E-state index contributed by atoms with van der Waals surface area (Å²) < 4.78 is 0.720. The number of carbonyl (C=O) groups excluding carboxylic acids is 1. The standard InChI is InChI=1S/C12H16Br2N6O4/c13-7-4-6(5-8(14)10(7)21)18-11(22)9(19-20(23)24)2-1-3-17-12(15)16/h4-5,9,19,21H,1-3H2,(H,18,22)(H4,15,16,17)/t9-/m0/s1. The predicted octanol–water partition coefficient (Wildman–Crippen LogP) is 1.06. The molecule has 0 aliphatic heterocycles. The van der Waals surface area contributed by atoms with Crippen LogP contribution in [-0.4, -0.2) is 34.6 Å². The highest BCUT2D eigenvalue weighted by Gasteiger charge is 2.23. The molecule has 1 aromatic carbocycles. The number of hydrogen-bond acceptors (Lipinski definition) is 5. The van der Waals surface area contributed by atoms with E-state index in [1.165, 1.54) is 12.1 Å². The molecule has 7 N–H and O–H groups in total. The molecule has 12 heteroatoms. The number of carbonyl (C=O) groups is 1. The molecule has 0 radical (unpaired) electrons. The highest BCUT2D eigenvalue weighted by Crippen LogP contribution is 2.35. The van der Waals surface area contributed by atoms with Crippen molar-refractivity contribution in [3.63, 3.8) is 0 Å². The molecule has 1 atom stereocenters. The summed E-state index contributed by atoms with van der Waals surface area (Å²) in [5, 5.41) is 22.1. The van der Waals surface area contributed by atoms with Gasteiger partial charge in [-0.15, -0.1) is 5.43 Å². The molecule has 0 aromatic heterocycles. The second-order valence-corrected chi connectivity index (χ2v) is 6.37. The molecule has 1 rings (SSSR count). The van der Waals surface area contributed by atoms with Crippen LogP contribution in [0.15, 0.2) is 26.1 Å². The molecule has 24 heavy (non-hydrogen) atoms. The van der Waals surface area contributed by atoms with Crippen LogP contribution in [0.25, 0.3) is 0 Å². The summed E-state index contributed by atoms with van der Waals surface area (Å²) in [7, 11) is 0.